The van der Waals surface area contributed by atoms with Crippen LogP contribution in [0.2, 0.25) is 0 Å². The molecular weight excluding hydrogens is 417 g/mol. The number of nitrogens with zero attached hydrogens (tertiary/aromatic N) is 3. The molecular formula is C17H36IN5O. The zero-order chi connectivity index (χ0) is 17.6. The van der Waals surface area contributed by atoms with Gasteiger partial charge >= 0.3 is 0 Å². The average molecular weight is 453 g/mol. The van der Waals surface area contributed by atoms with Gasteiger partial charge in [0.25, 0.3) is 0 Å². The van der Waals surface area contributed by atoms with E-state index >= 15 is 0 Å². The van der Waals surface area contributed by atoms with E-state index in [9.17, 15) is 4.79 Å². The summed E-state index contributed by atoms with van der Waals surface area (Å²) in [5, 5.41) is 6.86. The van der Waals surface area contributed by atoms with Crippen molar-refractivity contribution in [3.8, 4) is 0 Å². The number of nitrogens with one attached hydrogen (secondary N) is 2. The maximum Gasteiger partial charge on any atom is 0.225 e. The van der Waals surface area contributed by atoms with Gasteiger partial charge in [-0.25, -0.2) is 0 Å². The van der Waals surface area contributed by atoms with Crippen molar-refractivity contribution in [3.05, 3.63) is 0 Å². The normalized spacial score (nSPS) is 18.8. The second kappa shape index (κ2) is 10.4. The molecule has 1 atom stereocenters. The first-order valence-corrected chi connectivity index (χ1v) is 8.55. The summed E-state index contributed by atoms with van der Waals surface area (Å²) in [6.07, 6.45) is 0.972. The van der Waals surface area contributed by atoms with E-state index in [1.165, 1.54) is 0 Å². The predicted molar refractivity (Wildman–Crippen MR) is 112 cm³/mol. The second-order valence-electron chi connectivity index (χ2n) is 7.90. The van der Waals surface area contributed by atoms with Gasteiger partial charge in [-0.3, -0.25) is 9.79 Å². The van der Waals surface area contributed by atoms with Crippen molar-refractivity contribution in [1.82, 2.24) is 20.4 Å². The van der Waals surface area contributed by atoms with Gasteiger partial charge in [0, 0.05) is 45.2 Å². The van der Waals surface area contributed by atoms with Crippen molar-refractivity contribution in [2.45, 2.75) is 40.2 Å². The molecule has 1 heterocycles. The first-order chi connectivity index (χ1) is 10.6. The molecule has 6 nitrogen and oxygen atoms in total. The summed E-state index contributed by atoms with van der Waals surface area (Å²) in [4.78, 5) is 20.5. The summed E-state index contributed by atoms with van der Waals surface area (Å²) < 4.78 is 0. The Bertz CT molecular complexity index is 423. The van der Waals surface area contributed by atoms with Crippen molar-refractivity contribution >= 4 is 35.8 Å². The number of amides is 1. The third kappa shape index (κ3) is 8.00. The molecule has 0 aromatic carbocycles. The van der Waals surface area contributed by atoms with Crippen LogP contribution in [0.5, 0.6) is 0 Å². The van der Waals surface area contributed by atoms with Gasteiger partial charge in [-0.2, -0.15) is 0 Å². The fourth-order valence-electron chi connectivity index (χ4n) is 3.07. The lowest BCUT2D eigenvalue weighted by Gasteiger charge is -2.29. The number of halogens is 1. The first kappa shape index (κ1) is 23.4. The van der Waals surface area contributed by atoms with E-state index in [-0.39, 0.29) is 47.3 Å². The number of guanidine groups is 1. The maximum absolute atomic E-state index is 12.1. The van der Waals surface area contributed by atoms with Crippen LogP contribution in [-0.4, -0.2) is 75.0 Å². The molecule has 0 saturated carbocycles. The Balaban J connectivity index is 0.00000529. The number of hydrogen-bond acceptors (Lipinski definition) is 3. The van der Waals surface area contributed by atoms with E-state index in [2.05, 4.69) is 48.5 Å². The Morgan fingerprint density at radius 1 is 1.38 bits per heavy atom. The standard InChI is InChI=1S/C17H35N5O.HI/c1-13(2)15(23)22-9-8-14(10-22)20-16(18-5)19-11-17(3,4)12-21(6)7;/h13-14H,8-12H2,1-7H3,(H2,18,19,20);1H. The minimum atomic E-state index is 0. The Morgan fingerprint density at radius 3 is 2.50 bits per heavy atom. The molecule has 1 fully saturated rings. The molecule has 1 rings (SSSR count). The molecule has 24 heavy (non-hydrogen) atoms. The minimum Gasteiger partial charge on any atom is -0.356 e. The number of hydrogen-bond donors (Lipinski definition) is 2. The van der Waals surface area contributed by atoms with E-state index < -0.39 is 0 Å². The van der Waals surface area contributed by atoms with E-state index in [4.69, 9.17) is 0 Å². The number of carbonyl (C=O) groups excluding carboxylic acids is 1. The van der Waals surface area contributed by atoms with Crippen LogP contribution in [0.25, 0.3) is 0 Å². The third-order valence-corrected chi connectivity index (χ3v) is 4.04. The van der Waals surface area contributed by atoms with Gasteiger partial charge in [-0.15, -0.1) is 24.0 Å². The molecule has 1 amide bonds. The van der Waals surface area contributed by atoms with Crippen LogP contribution in [0.1, 0.15) is 34.1 Å². The molecule has 0 aromatic heterocycles. The molecule has 0 bridgehead atoms. The molecule has 1 aliphatic heterocycles. The zero-order valence-electron chi connectivity index (χ0n) is 16.3. The molecule has 0 aromatic rings. The first-order valence-electron chi connectivity index (χ1n) is 8.55. The summed E-state index contributed by atoms with van der Waals surface area (Å²) in [5.41, 5.74) is 0.163. The van der Waals surface area contributed by atoms with Crippen LogP contribution in [0.3, 0.4) is 0 Å². The topological polar surface area (TPSA) is 60.0 Å². The lowest BCUT2D eigenvalue weighted by molar-refractivity contribution is -0.133. The summed E-state index contributed by atoms with van der Waals surface area (Å²) in [7, 11) is 5.97. The van der Waals surface area contributed by atoms with Gasteiger partial charge in [-0.05, 0) is 25.9 Å². The minimum absolute atomic E-state index is 0. The van der Waals surface area contributed by atoms with Crippen molar-refractivity contribution in [2.75, 3.05) is 47.3 Å². The second-order valence-corrected chi connectivity index (χ2v) is 7.90. The quantitative estimate of drug-likeness (QED) is 0.365. The SMILES string of the molecule is CN=C(NCC(C)(C)CN(C)C)NC1CCN(C(=O)C(C)C)C1.I. The Hall–Kier alpha value is -0.570. The largest absolute Gasteiger partial charge is 0.356 e. The molecule has 7 heteroatoms. The van der Waals surface area contributed by atoms with Crippen LogP contribution in [0.4, 0.5) is 0 Å². The van der Waals surface area contributed by atoms with E-state index in [0.29, 0.717) is 0 Å². The van der Waals surface area contributed by atoms with Crippen LogP contribution < -0.4 is 10.6 Å². The highest BCUT2D eigenvalue weighted by Crippen LogP contribution is 2.15. The summed E-state index contributed by atoms with van der Waals surface area (Å²) in [6, 6.07) is 0.279. The molecule has 142 valence electrons. The summed E-state index contributed by atoms with van der Waals surface area (Å²) in [6.45, 7) is 11.9. The molecule has 0 aliphatic carbocycles. The maximum atomic E-state index is 12.1. The van der Waals surface area contributed by atoms with Gasteiger partial charge in [0.05, 0.1) is 0 Å². The number of carbonyl (C=O) groups is 1. The van der Waals surface area contributed by atoms with Crippen LogP contribution in [-0.2, 0) is 4.79 Å². The van der Waals surface area contributed by atoms with Gasteiger partial charge in [0.1, 0.15) is 0 Å². The molecule has 1 unspecified atom stereocenters. The average Bonchev–Trinajstić information content (AvgIpc) is 2.89. The Labute approximate surface area is 164 Å². The van der Waals surface area contributed by atoms with Crippen LogP contribution in [0, 0.1) is 11.3 Å². The van der Waals surface area contributed by atoms with Crippen molar-refractivity contribution in [1.29, 1.82) is 0 Å². The number of likely N-dealkylation sites (tertiary alicyclic amines) is 1. The number of aliphatic imine (C=N–C) groups is 1. The smallest absolute Gasteiger partial charge is 0.225 e. The van der Waals surface area contributed by atoms with E-state index in [1.807, 2.05) is 18.7 Å². The zero-order valence-corrected chi connectivity index (χ0v) is 18.7. The molecule has 2 N–H and O–H groups in total. The third-order valence-electron chi connectivity index (χ3n) is 4.04. The van der Waals surface area contributed by atoms with E-state index in [1.54, 1.807) is 7.05 Å². The molecule has 0 spiro atoms. The van der Waals surface area contributed by atoms with Gasteiger partial charge in [-0.1, -0.05) is 27.7 Å². The monoisotopic (exact) mass is 453 g/mol. The molecule has 1 saturated heterocycles. The fourth-order valence-corrected chi connectivity index (χ4v) is 3.07. The molecule has 0 radical (unpaired) electrons. The Kier molecular flexibility index (Phi) is 10.2. The lowest BCUT2D eigenvalue weighted by atomic mass is 9.93. The predicted octanol–water partition coefficient (Wildman–Crippen LogP) is 1.61. The summed E-state index contributed by atoms with van der Waals surface area (Å²) in [5.74, 6) is 1.13. The molecule has 1 aliphatic rings. The van der Waals surface area contributed by atoms with Crippen molar-refractivity contribution in [3.63, 3.8) is 0 Å². The van der Waals surface area contributed by atoms with Gasteiger partial charge < -0.3 is 20.4 Å². The fraction of sp³-hybridized carbons (Fsp3) is 0.882. The lowest BCUT2D eigenvalue weighted by Crippen LogP contribution is -2.48. The van der Waals surface area contributed by atoms with Gasteiger partial charge in [0.2, 0.25) is 5.91 Å². The summed E-state index contributed by atoms with van der Waals surface area (Å²) >= 11 is 0. The van der Waals surface area contributed by atoms with Crippen LogP contribution in [0.15, 0.2) is 4.99 Å². The highest BCUT2D eigenvalue weighted by atomic mass is 127. The highest BCUT2D eigenvalue weighted by molar-refractivity contribution is 14.0. The van der Waals surface area contributed by atoms with Crippen molar-refractivity contribution in [2.24, 2.45) is 16.3 Å². The number of rotatable bonds is 6. The van der Waals surface area contributed by atoms with Gasteiger partial charge in [0.15, 0.2) is 5.96 Å². The van der Waals surface area contributed by atoms with Crippen LogP contribution >= 0.6 is 24.0 Å². The van der Waals surface area contributed by atoms with Crippen molar-refractivity contribution < 1.29 is 4.79 Å². The van der Waals surface area contributed by atoms with E-state index in [0.717, 1.165) is 38.6 Å². The Morgan fingerprint density at radius 2 is 2.00 bits per heavy atom. The highest BCUT2D eigenvalue weighted by Gasteiger charge is 2.28.